The molecule has 0 atom stereocenters. The third kappa shape index (κ3) is 1.91. The molecule has 0 aliphatic carbocycles. The number of benzene rings is 1. The lowest BCUT2D eigenvalue weighted by Gasteiger charge is -2.08. The molecule has 3 rings (SSSR count). The monoisotopic (exact) mass is 270 g/mol. The number of rotatable bonds is 3. The number of aromatic hydroxyl groups is 2. The van der Waals surface area contributed by atoms with E-state index in [2.05, 4.69) is 20.2 Å². The fourth-order valence-electron chi connectivity index (χ4n) is 2.19. The largest absolute Gasteiger partial charge is 0.508 e. The van der Waals surface area contributed by atoms with Gasteiger partial charge in [0.05, 0.1) is 12.0 Å². The van der Waals surface area contributed by atoms with Gasteiger partial charge < -0.3 is 15.2 Å². The summed E-state index contributed by atoms with van der Waals surface area (Å²) in [6.07, 6.45) is 5.73. The summed E-state index contributed by atoms with van der Waals surface area (Å²) in [5.41, 5.74) is 3.45. The Morgan fingerprint density at radius 2 is 1.95 bits per heavy atom. The molecule has 102 valence electrons. The molecule has 0 spiro atoms. The van der Waals surface area contributed by atoms with Crippen molar-refractivity contribution in [3.8, 4) is 34.0 Å². The Hall–Kier alpha value is -2.76. The maximum absolute atomic E-state index is 10.1. The van der Waals surface area contributed by atoms with Gasteiger partial charge in [0.1, 0.15) is 17.2 Å². The van der Waals surface area contributed by atoms with Crippen molar-refractivity contribution in [3.63, 3.8) is 0 Å². The zero-order valence-corrected chi connectivity index (χ0v) is 10.9. The quantitative estimate of drug-likeness (QED) is 0.587. The van der Waals surface area contributed by atoms with Gasteiger partial charge in [0.25, 0.3) is 0 Å². The van der Waals surface area contributed by atoms with Gasteiger partial charge in [-0.2, -0.15) is 5.10 Å². The highest BCUT2D eigenvalue weighted by atomic mass is 16.3. The number of H-pyrrole nitrogens is 2. The molecule has 0 aliphatic rings. The van der Waals surface area contributed by atoms with Crippen molar-refractivity contribution < 1.29 is 10.2 Å². The number of aromatic amines is 2. The average Bonchev–Trinajstić information content (AvgIpc) is 3.09. The zero-order chi connectivity index (χ0) is 14.1. The van der Waals surface area contributed by atoms with E-state index in [1.165, 1.54) is 6.07 Å². The number of nitrogens with zero attached hydrogens (tertiary/aromatic N) is 2. The SMILES string of the molecule is CCc1cc(-c2n[nH]cc2-c2c[nH]cn2)c(O)cc1O. The van der Waals surface area contributed by atoms with E-state index in [4.69, 9.17) is 0 Å². The van der Waals surface area contributed by atoms with Crippen LogP contribution in [0.2, 0.25) is 0 Å². The molecule has 0 saturated carbocycles. The highest BCUT2D eigenvalue weighted by molar-refractivity contribution is 5.82. The standard InChI is InChI=1S/C14H14N4O2/c1-2-8-3-9(13(20)4-12(8)19)14-10(5-17-18-14)11-6-15-7-16-11/h3-7,19-20H,2H2,1H3,(H,15,16)(H,17,18). The average molecular weight is 270 g/mol. The van der Waals surface area contributed by atoms with Gasteiger partial charge in [-0.1, -0.05) is 6.92 Å². The molecule has 6 heteroatoms. The summed E-state index contributed by atoms with van der Waals surface area (Å²) < 4.78 is 0. The Morgan fingerprint density at radius 1 is 1.10 bits per heavy atom. The van der Waals surface area contributed by atoms with Crippen LogP contribution < -0.4 is 0 Å². The van der Waals surface area contributed by atoms with Crippen molar-refractivity contribution in [1.29, 1.82) is 0 Å². The number of aryl methyl sites for hydroxylation is 1. The van der Waals surface area contributed by atoms with E-state index in [-0.39, 0.29) is 11.5 Å². The van der Waals surface area contributed by atoms with Gasteiger partial charge in [-0.15, -0.1) is 0 Å². The van der Waals surface area contributed by atoms with E-state index in [1.807, 2.05) is 6.92 Å². The highest BCUT2D eigenvalue weighted by Crippen LogP contribution is 2.38. The predicted molar refractivity (Wildman–Crippen MR) is 74.3 cm³/mol. The van der Waals surface area contributed by atoms with Crippen molar-refractivity contribution in [3.05, 3.63) is 36.4 Å². The van der Waals surface area contributed by atoms with Gasteiger partial charge in [-0.05, 0) is 18.1 Å². The fraction of sp³-hybridized carbons (Fsp3) is 0.143. The molecule has 1 aromatic carbocycles. The molecule has 0 bridgehead atoms. The molecule has 20 heavy (non-hydrogen) atoms. The van der Waals surface area contributed by atoms with Crippen LogP contribution >= 0.6 is 0 Å². The molecule has 0 amide bonds. The number of hydrogen-bond donors (Lipinski definition) is 4. The normalized spacial score (nSPS) is 10.8. The predicted octanol–water partition coefficient (Wildman–Crippen LogP) is 2.44. The summed E-state index contributed by atoms with van der Waals surface area (Å²) in [7, 11) is 0. The van der Waals surface area contributed by atoms with Crippen LogP contribution in [0.1, 0.15) is 12.5 Å². The molecule has 0 radical (unpaired) electrons. The molecule has 0 fully saturated rings. The van der Waals surface area contributed by atoms with Crippen molar-refractivity contribution >= 4 is 0 Å². The molecular formula is C14H14N4O2. The van der Waals surface area contributed by atoms with Crippen LogP contribution in [-0.4, -0.2) is 30.4 Å². The van der Waals surface area contributed by atoms with Crippen LogP contribution in [0.25, 0.3) is 22.5 Å². The first-order valence-corrected chi connectivity index (χ1v) is 6.28. The summed E-state index contributed by atoms with van der Waals surface area (Å²) in [4.78, 5) is 7.08. The zero-order valence-electron chi connectivity index (χ0n) is 10.9. The molecule has 2 heterocycles. The lowest BCUT2D eigenvalue weighted by atomic mass is 10.0. The van der Waals surface area contributed by atoms with E-state index in [0.717, 1.165) is 16.8 Å². The minimum atomic E-state index is -0.0106. The van der Waals surface area contributed by atoms with Crippen LogP contribution in [0.15, 0.2) is 30.9 Å². The second kappa shape index (κ2) is 4.73. The molecule has 4 N–H and O–H groups in total. The van der Waals surface area contributed by atoms with E-state index >= 15 is 0 Å². The van der Waals surface area contributed by atoms with Gasteiger partial charge in [-0.3, -0.25) is 5.10 Å². The van der Waals surface area contributed by atoms with Gasteiger partial charge >= 0.3 is 0 Å². The van der Waals surface area contributed by atoms with E-state index < -0.39 is 0 Å². The van der Waals surface area contributed by atoms with Crippen LogP contribution in [0.3, 0.4) is 0 Å². The van der Waals surface area contributed by atoms with Crippen molar-refractivity contribution in [2.75, 3.05) is 0 Å². The van der Waals surface area contributed by atoms with E-state index in [0.29, 0.717) is 17.7 Å². The fourth-order valence-corrected chi connectivity index (χ4v) is 2.19. The lowest BCUT2D eigenvalue weighted by Crippen LogP contribution is -1.88. The van der Waals surface area contributed by atoms with Crippen molar-refractivity contribution in [2.45, 2.75) is 13.3 Å². The maximum Gasteiger partial charge on any atom is 0.128 e. The maximum atomic E-state index is 10.1. The number of hydrogen-bond acceptors (Lipinski definition) is 4. The summed E-state index contributed by atoms with van der Waals surface area (Å²) in [5.74, 6) is 0.0780. The highest BCUT2D eigenvalue weighted by Gasteiger charge is 2.17. The van der Waals surface area contributed by atoms with Crippen LogP contribution in [0, 0.1) is 0 Å². The molecular weight excluding hydrogens is 256 g/mol. The number of aromatic nitrogens is 4. The van der Waals surface area contributed by atoms with E-state index in [9.17, 15) is 10.2 Å². The Balaban J connectivity index is 2.17. The Morgan fingerprint density at radius 3 is 2.65 bits per heavy atom. The molecule has 2 aromatic heterocycles. The second-order valence-electron chi connectivity index (χ2n) is 4.45. The molecule has 3 aromatic rings. The van der Waals surface area contributed by atoms with Crippen LogP contribution in [-0.2, 0) is 6.42 Å². The minimum absolute atomic E-state index is 0.0106. The van der Waals surface area contributed by atoms with Crippen LogP contribution in [0.5, 0.6) is 11.5 Å². The first-order chi connectivity index (χ1) is 9.70. The summed E-state index contributed by atoms with van der Waals surface area (Å²) >= 11 is 0. The van der Waals surface area contributed by atoms with Crippen molar-refractivity contribution in [1.82, 2.24) is 20.2 Å². The Kier molecular flexibility index (Phi) is 2.90. The Bertz CT molecular complexity index is 732. The topological polar surface area (TPSA) is 97.8 Å². The molecule has 0 unspecified atom stereocenters. The minimum Gasteiger partial charge on any atom is -0.508 e. The summed E-state index contributed by atoms with van der Waals surface area (Å²) in [6, 6.07) is 3.09. The lowest BCUT2D eigenvalue weighted by molar-refractivity contribution is 0.447. The number of nitrogens with one attached hydrogen (secondary N) is 2. The number of imidazole rings is 1. The van der Waals surface area contributed by atoms with Gasteiger partial charge in [0.2, 0.25) is 0 Å². The number of phenolic OH excluding ortho intramolecular Hbond substituents is 2. The third-order valence-corrected chi connectivity index (χ3v) is 3.25. The summed E-state index contributed by atoms with van der Waals surface area (Å²) in [6.45, 7) is 1.94. The first-order valence-electron chi connectivity index (χ1n) is 6.28. The second-order valence-corrected chi connectivity index (χ2v) is 4.45. The Labute approximate surface area is 115 Å². The smallest absolute Gasteiger partial charge is 0.128 e. The first kappa shape index (κ1) is 12.3. The number of phenols is 2. The van der Waals surface area contributed by atoms with Gasteiger partial charge in [0.15, 0.2) is 0 Å². The molecule has 0 saturated heterocycles. The van der Waals surface area contributed by atoms with Crippen LogP contribution in [0.4, 0.5) is 0 Å². The van der Waals surface area contributed by atoms with Crippen molar-refractivity contribution in [2.24, 2.45) is 0 Å². The van der Waals surface area contributed by atoms with Gasteiger partial charge in [-0.25, -0.2) is 4.98 Å². The summed E-state index contributed by atoms with van der Waals surface area (Å²) in [5, 5.41) is 26.8. The van der Waals surface area contributed by atoms with E-state index in [1.54, 1.807) is 24.8 Å². The third-order valence-electron chi connectivity index (χ3n) is 3.25. The molecule has 6 nitrogen and oxygen atoms in total. The molecule has 0 aliphatic heterocycles. The van der Waals surface area contributed by atoms with Gasteiger partial charge in [0, 0.05) is 29.6 Å².